The minimum Gasteiger partial charge on any atom is -0.396 e. The SMILES string of the molecule is CC(CO)CNS(=O)(=O)c1ccc(I)cc1. The predicted octanol–water partition coefficient (Wildman–Crippen LogP) is 1.20. The molecule has 0 aromatic heterocycles. The van der Waals surface area contributed by atoms with Crippen molar-refractivity contribution < 1.29 is 13.5 Å². The van der Waals surface area contributed by atoms with Crippen LogP contribution in [-0.4, -0.2) is 26.7 Å². The van der Waals surface area contributed by atoms with Gasteiger partial charge >= 0.3 is 0 Å². The Bertz CT molecular complexity index is 430. The fourth-order valence-corrected chi connectivity index (χ4v) is 2.54. The molecular formula is C10H14INO3S. The van der Waals surface area contributed by atoms with Crippen LogP contribution >= 0.6 is 22.6 Å². The van der Waals surface area contributed by atoms with Crippen molar-refractivity contribution in [3.63, 3.8) is 0 Å². The average molecular weight is 355 g/mol. The van der Waals surface area contributed by atoms with Gasteiger partial charge in [-0.25, -0.2) is 13.1 Å². The summed E-state index contributed by atoms with van der Waals surface area (Å²) >= 11 is 2.11. The number of rotatable bonds is 5. The first-order valence-electron chi connectivity index (χ1n) is 4.82. The van der Waals surface area contributed by atoms with E-state index in [2.05, 4.69) is 27.3 Å². The maximum Gasteiger partial charge on any atom is 0.240 e. The molecule has 0 heterocycles. The zero-order chi connectivity index (χ0) is 12.2. The molecule has 0 aliphatic carbocycles. The number of sulfonamides is 1. The molecule has 0 amide bonds. The van der Waals surface area contributed by atoms with Gasteiger partial charge in [0.1, 0.15) is 0 Å². The summed E-state index contributed by atoms with van der Waals surface area (Å²) < 4.78 is 27.0. The molecule has 0 spiro atoms. The number of hydrogen-bond donors (Lipinski definition) is 2. The quantitative estimate of drug-likeness (QED) is 0.780. The highest BCUT2D eigenvalue weighted by atomic mass is 127. The van der Waals surface area contributed by atoms with E-state index in [9.17, 15) is 8.42 Å². The van der Waals surface area contributed by atoms with E-state index in [-0.39, 0.29) is 24.0 Å². The van der Waals surface area contributed by atoms with Crippen molar-refractivity contribution in [1.29, 1.82) is 0 Å². The topological polar surface area (TPSA) is 66.4 Å². The number of hydrogen-bond acceptors (Lipinski definition) is 3. The zero-order valence-corrected chi connectivity index (χ0v) is 11.8. The smallest absolute Gasteiger partial charge is 0.240 e. The van der Waals surface area contributed by atoms with Gasteiger partial charge in [0.2, 0.25) is 10.0 Å². The predicted molar refractivity (Wildman–Crippen MR) is 70.6 cm³/mol. The monoisotopic (exact) mass is 355 g/mol. The van der Waals surface area contributed by atoms with Crippen LogP contribution < -0.4 is 4.72 Å². The molecule has 4 nitrogen and oxygen atoms in total. The second kappa shape index (κ2) is 5.95. The van der Waals surface area contributed by atoms with Crippen molar-refractivity contribution >= 4 is 32.6 Å². The maximum atomic E-state index is 11.8. The molecule has 0 radical (unpaired) electrons. The van der Waals surface area contributed by atoms with E-state index in [4.69, 9.17) is 5.11 Å². The molecule has 0 aliphatic rings. The summed E-state index contributed by atoms with van der Waals surface area (Å²) in [6.07, 6.45) is 0. The number of benzene rings is 1. The first-order chi connectivity index (χ1) is 7.45. The van der Waals surface area contributed by atoms with Crippen molar-refractivity contribution in [3.8, 4) is 0 Å². The maximum absolute atomic E-state index is 11.8. The summed E-state index contributed by atoms with van der Waals surface area (Å²) in [6.45, 7) is 1.98. The second-order valence-electron chi connectivity index (χ2n) is 3.59. The van der Waals surface area contributed by atoms with Crippen molar-refractivity contribution in [2.45, 2.75) is 11.8 Å². The van der Waals surface area contributed by atoms with Crippen LogP contribution in [0.25, 0.3) is 0 Å². The molecule has 90 valence electrons. The summed E-state index contributed by atoms with van der Waals surface area (Å²) in [5.74, 6) is -0.0846. The van der Waals surface area contributed by atoms with Crippen LogP contribution in [-0.2, 0) is 10.0 Å². The van der Waals surface area contributed by atoms with Gasteiger partial charge in [0.05, 0.1) is 4.90 Å². The van der Waals surface area contributed by atoms with Crippen LogP contribution in [0.4, 0.5) is 0 Å². The first-order valence-corrected chi connectivity index (χ1v) is 7.38. The van der Waals surface area contributed by atoms with E-state index in [1.807, 2.05) is 0 Å². The molecule has 6 heteroatoms. The minimum absolute atomic E-state index is 0.0325. The summed E-state index contributed by atoms with van der Waals surface area (Å²) in [6, 6.07) is 6.61. The summed E-state index contributed by atoms with van der Waals surface area (Å²) in [7, 11) is -3.45. The molecule has 0 saturated heterocycles. The molecule has 1 rings (SSSR count). The van der Waals surface area contributed by atoms with Gasteiger partial charge in [-0.3, -0.25) is 0 Å². The van der Waals surface area contributed by atoms with Gasteiger partial charge in [-0.15, -0.1) is 0 Å². The average Bonchev–Trinajstić information content (AvgIpc) is 2.26. The van der Waals surface area contributed by atoms with Gasteiger partial charge in [-0.05, 0) is 52.8 Å². The number of nitrogens with one attached hydrogen (secondary N) is 1. The lowest BCUT2D eigenvalue weighted by molar-refractivity contribution is 0.238. The molecular weight excluding hydrogens is 341 g/mol. The Hall–Kier alpha value is -0.180. The molecule has 1 aromatic rings. The second-order valence-corrected chi connectivity index (χ2v) is 6.61. The van der Waals surface area contributed by atoms with Gasteiger partial charge < -0.3 is 5.11 Å². The Morgan fingerprint density at radius 1 is 1.38 bits per heavy atom. The fraction of sp³-hybridized carbons (Fsp3) is 0.400. The summed E-state index contributed by atoms with van der Waals surface area (Å²) in [5, 5.41) is 8.80. The molecule has 1 atom stereocenters. The Balaban J connectivity index is 2.74. The van der Waals surface area contributed by atoms with Crippen molar-refractivity contribution in [2.75, 3.05) is 13.2 Å². The fourth-order valence-electron chi connectivity index (χ4n) is 1.01. The lowest BCUT2D eigenvalue weighted by Crippen LogP contribution is -2.29. The van der Waals surface area contributed by atoms with E-state index < -0.39 is 10.0 Å². The molecule has 16 heavy (non-hydrogen) atoms. The largest absolute Gasteiger partial charge is 0.396 e. The zero-order valence-electron chi connectivity index (χ0n) is 8.85. The normalized spacial score (nSPS) is 13.7. The van der Waals surface area contributed by atoms with Crippen molar-refractivity contribution in [1.82, 2.24) is 4.72 Å². The minimum atomic E-state index is -3.45. The highest BCUT2D eigenvalue weighted by Gasteiger charge is 2.14. The third-order valence-electron chi connectivity index (χ3n) is 2.06. The highest BCUT2D eigenvalue weighted by Crippen LogP contribution is 2.11. The van der Waals surface area contributed by atoms with Gasteiger partial charge in [0.25, 0.3) is 0 Å². The Morgan fingerprint density at radius 2 is 1.94 bits per heavy atom. The van der Waals surface area contributed by atoms with E-state index >= 15 is 0 Å². The molecule has 2 N–H and O–H groups in total. The van der Waals surface area contributed by atoms with E-state index in [1.165, 1.54) is 0 Å². The Labute approximate surface area is 109 Å². The van der Waals surface area contributed by atoms with Gasteiger partial charge in [-0.2, -0.15) is 0 Å². The van der Waals surface area contributed by atoms with E-state index in [0.717, 1.165) is 3.57 Å². The van der Waals surface area contributed by atoms with Gasteiger partial charge in [-0.1, -0.05) is 6.92 Å². The van der Waals surface area contributed by atoms with E-state index in [1.54, 1.807) is 31.2 Å². The van der Waals surface area contributed by atoms with Crippen LogP contribution in [0.15, 0.2) is 29.2 Å². The van der Waals surface area contributed by atoms with Crippen LogP contribution in [0, 0.1) is 9.49 Å². The van der Waals surface area contributed by atoms with Gasteiger partial charge in [0, 0.05) is 16.7 Å². The van der Waals surface area contributed by atoms with Crippen molar-refractivity contribution in [3.05, 3.63) is 27.8 Å². The summed E-state index contributed by atoms with van der Waals surface area (Å²) in [5.41, 5.74) is 0. The molecule has 1 unspecified atom stereocenters. The Kier molecular flexibility index (Phi) is 5.16. The molecule has 0 aliphatic heterocycles. The third-order valence-corrected chi connectivity index (χ3v) is 4.22. The first kappa shape index (κ1) is 13.9. The summed E-state index contributed by atoms with van der Waals surface area (Å²) in [4.78, 5) is 0.248. The van der Waals surface area contributed by atoms with Gasteiger partial charge in [0.15, 0.2) is 0 Å². The van der Waals surface area contributed by atoms with Crippen LogP contribution in [0.1, 0.15) is 6.92 Å². The molecule has 0 bridgehead atoms. The number of aliphatic hydroxyl groups excluding tert-OH is 1. The Morgan fingerprint density at radius 3 is 2.44 bits per heavy atom. The third kappa shape index (κ3) is 4.00. The lowest BCUT2D eigenvalue weighted by Gasteiger charge is -2.10. The molecule has 1 aromatic carbocycles. The number of halogens is 1. The molecule has 0 saturated carbocycles. The standard InChI is InChI=1S/C10H14INO3S/c1-8(7-13)6-12-16(14,15)10-4-2-9(11)3-5-10/h2-5,8,12-13H,6-7H2,1H3. The lowest BCUT2D eigenvalue weighted by atomic mass is 10.2. The highest BCUT2D eigenvalue weighted by molar-refractivity contribution is 14.1. The van der Waals surface area contributed by atoms with Crippen LogP contribution in [0.5, 0.6) is 0 Å². The van der Waals surface area contributed by atoms with Crippen LogP contribution in [0.2, 0.25) is 0 Å². The van der Waals surface area contributed by atoms with Crippen molar-refractivity contribution in [2.24, 2.45) is 5.92 Å². The van der Waals surface area contributed by atoms with E-state index in [0.29, 0.717) is 0 Å². The van der Waals surface area contributed by atoms with Crippen LogP contribution in [0.3, 0.4) is 0 Å². The molecule has 0 fully saturated rings. The number of aliphatic hydroxyl groups is 1.